The van der Waals surface area contributed by atoms with E-state index in [-0.39, 0.29) is 11.0 Å². The largest absolute Gasteiger partial charge is 0.378 e. The van der Waals surface area contributed by atoms with Gasteiger partial charge in [-0.25, -0.2) is 0 Å². The van der Waals surface area contributed by atoms with Crippen LogP contribution in [0.1, 0.15) is 27.7 Å². The highest BCUT2D eigenvalue weighted by molar-refractivity contribution is 4.88. The minimum Gasteiger partial charge on any atom is -0.378 e. The summed E-state index contributed by atoms with van der Waals surface area (Å²) in [5, 5.41) is 0. The highest BCUT2D eigenvalue weighted by Gasteiger charge is 2.33. The normalized spacial score (nSPS) is 23.8. The van der Waals surface area contributed by atoms with E-state index in [1.54, 1.807) is 0 Å². The summed E-state index contributed by atoms with van der Waals surface area (Å²) in [6.45, 7) is 13.4. The Kier molecular flexibility index (Phi) is 3.56. The quantitative estimate of drug-likeness (QED) is 0.741. The monoisotopic (exact) mass is 200 g/mol. The van der Waals surface area contributed by atoms with Crippen LogP contribution in [0.5, 0.6) is 0 Å². The number of morpholine rings is 1. The van der Waals surface area contributed by atoms with E-state index in [0.29, 0.717) is 0 Å². The molecule has 0 spiro atoms. The number of ether oxygens (including phenoxy) is 1. The fourth-order valence-electron chi connectivity index (χ4n) is 1.76. The summed E-state index contributed by atoms with van der Waals surface area (Å²) in [4.78, 5) is 2.49. The van der Waals surface area contributed by atoms with Gasteiger partial charge in [0.05, 0.1) is 13.2 Å². The van der Waals surface area contributed by atoms with Crippen molar-refractivity contribution in [2.75, 3.05) is 32.8 Å². The van der Waals surface area contributed by atoms with Crippen LogP contribution >= 0.6 is 0 Å². The van der Waals surface area contributed by atoms with Crippen molar-refractivity contribution in [2.45, 2.75) is 33.2 Å². The highest BCUT2D eigenvalue weighted by atomic mass is 16.5. The van der Waals surface area contributed by atoms with E-state index in [1.807, 2.05) is 0 Å². The average Bonchev–Trinajstić information content (AvgIpc) is 2.09. The van der Waals surface area contributed by atoms with Crippen LogP contribution in [0, 0.1) is 5.41 Å². The Labute approximate surface area is 87.6 Å². The zero-order valence-electron chi connectivity index (χ0n) is 9.97. The standard InChI is InChI=1S/C11H24N2O/c1-10(2,7-12)8-13-5-6-14-9-11(13,3)4/h5-9,12H2,1-4H3. The molecular formula is C11H24N2O. The molecule has 0 radical (unpaired) electrons. The second-order valence-electron chi connectivity index (χ2n) is 5.65. The minimum absolute atomic E-state index is 0.157. The maximum absolute atomic E-state index is 5.75. The van der Waals surface area contributed by atoms with Gasteiger partial charge in [0, 0.05) is 18.6 Å². The molecule has 1 saturated heterocycles. The molecule has 0 atom stereocenters. The Balaban J connectivity index is 2.58. The van der Waals surface area contributed by atoms with E-state index >= 15 is 0 Å². The summed E-state index contributed by atoms with van der Waals surface area (Å²) >= 11 is 0. The first-order valence-corrected chi connectivity index (χ1v) is 5.40. The molecule has 3 heteroatoms. The molecule has 1 rings (SSSR count). The van der Waals surface area contributed by atoms with E-state index in [2.05, 4.69) is 32.6 Å². The zero-order valence-corrected chi connectivity index (χ0v) is 9.97. The van der Waals surface area contributed by atoms with Gasteiger partial charge in [0.1, 0.15) is 0 Å². The van der Waals surface area contributed by atoms with Gasteiger partial charge < -0.3 is 10.5 Å². The number of hydrogen-bond acceptors (Lipinski definition) is 3. The highest BCUT2D eigenvalue weighted by Crippen LogP contribution is 2.24. The molecule has 1 heterocycles. The molecule has 1 fully saturated rings. The van der Waals surface area contributed by atoms with Crippen molar-refractivity contribution in [2.24, 2.45) is 11.1 Å². The molecule has 14 heavy (non-hydrogen) atoms. The smallest absolute Gasteiger partial charge is 0.0645 e. The predicted octanol–water partition coefficient (Wildman–Crippen LogP) is 1.08. The first-order chi connectivity index (χ1) is 6.37. The summed E-state index contributed by atoms with van der Waals surface area (Å²) < 4.78 is 5.49. The third-order valence-corrected chi connectivity index (χ3v) is 2.99. The van der Waals surface area contributed by atoms with Gasteiger partial charge in [-0.05, 0) is 25.8 Å². The maximum Gasteiger partial charge on any atom is 0.0645 e. The van der Waals surface area contributed by atoms with Crippen molar-refractivity contribution in [3.8, 4) is 0 Å². The fraction of sp³-hybridized carbons (Fsp3) is 1.00. The van der Waals surface area contributed by atoms with Gasteiger partial charge in [0.25, 0.3) is 0 Å². The molecule has 0 bridgehead atoms. The molecular weight excluding hydrogens is 176 g/mol. The van der Waals surface area contributed by atoms with Crippen LogP contribution in [0.25, 0.3) is 0 Å². The number of hydrogen-bond donors (Lipinski definition) is 1. The zero-order chi connectivity index (χ0) is 10.8. The van der Waals surface area contributed by atoms with Crippen molar-refractivity contribution in [3.05, 3.63) is 0 Å². The van der Waals surface area contributed by atoms with Gasteiger partial charge in [0.2, 0.25) is 0 Å². The Bertz CT molecular complexity index is 190. The van der Waals surface area contributed by atoms with Crippen LogP contribution in [-0.4, -0.2) is 43.3 Å². The Morgan fingerprint density at radius 2 is 2.07 bits per heavy atom. The summed E-state index contributed by atoms with van der Waals surface area (Å²) in [6.07, 6.45) is 0. The van der Waals surface area contributed by atoms with E-state index < -0.39 is 0 Å². The molecule has 0 aromatic heterocycles. The summed E-state index contributed by atoms with van der Waals surface area (Å²) in [6, 6.07) is 0. The Hall–Kier alpha value is -0.120. The van der Waals surface area contributed by atoms with Gasteiger partial charge in [-0.3, -0.25) is 4.90 Å². The van der Waals surface area contributed by atoms with Crippen molar-refractivity contribution in [1.29, 1.82) is 0 Å². The topological polar surface area (TPSA) is 38.5 Å². The SMILES string of the molecule is CC(C)(CN)CN1CCOCC1(C)C. The van der Waals surface area contributed by atoms with Crippen molar-refractivity contribution in [1.82, 2.24) is 4.90 Å². The Morgan fingerprint density at radius 1 is 1.43 bits per heavy atom. The van der Waals surface area contributed by atoms with Crippen LogP contribution in [0.2, 0.25) is 0 Å². The molecule has 0 unspecified atom stereocenters. The molecule has 84 valence electrons. The summed E-state index contributed by atoms with van der Waals surface area (Å²) in [7, 11) is 0. The van der Waals surface area contributed by atoms with Crippen molar-refractivity contribution >= 4 is 0 Å². The lowest BCUT2D eigenvalue weighted by molar-refractivity contribution is -0.0637. The first-order valence-electron chi connectivity index (χ1n) is 5.40. The molecule has 3 nitrogen and oxygen atoms in total. The van der Waals surface area contributed by atoms with Crippen LogP contribution in [0.15, 0.2) is 0 Å². The lowest BCUT2D eigenvalue weighted by Crippen LogP contribution is -2.56. The summed E-state index contributed by atoms with van der Waals surface area (Å²) in [5.74, 6) is 0. The van der Waals surface area contributed by atoms with Crippen molar-refractivity contribution in [3.63, 3.8) is 0 Å². The van der Waals surface area contributed by atoms with Crippen LogP contribution in [0.4, 0.5) is 0 Å². The minimum atomic E-state index is 0.157. The molecule has 0 amide bonds. The molecule has 0 saturated carbocycles. The number of rotatable bonds is 3. The molecule has 0 aromatic rings. The molecule has 2 N–H and O–H groups in total. The number of nitrogens with two attached hydrogens (primary N) is 1. The van der Waals surface area contributed by atoms with E-state index in [9.17, 15) is 0 Å². The second kappa shape index (κ2) is 4.17. The third kappa shape index (κ3) is 2.94. The van der Waals surface area contributed by atoms with Crippen LogP contribution in [-0.2, 0) is 4.74 Å². The van der Waals surface area contributed by atoms with Gasteiger partial charge >= 0.3 is 0 Å². The van der Waals surface area contributed by atoms with E-state index in [4.69, 9.17) is 10.5 Å². The average molecular weight is 200 g/mol. The molecule has 1 aliphatic heterocycles. The summed E-state index contributed by atoms with van der Waals surface area (Å²) in [5.41, 5.74) is 6.11. The Morgan fingerprint density at radius 3 is 2.57 bits per heavy atom. The van der Waals surface area contributed by atoms with Gasteiger partial charge in [-0.1, -0.05) is 13.8 Å². The number of nitrogens with zero attached hydrogens (tertiary/aromatic N) is 1. The van der Waals surface area contributed by atoms with Gasteiger partial charge in [-0.2, -0.15) is 0 Å². The second-order valence-corrected chi connectivity index (χ2v) is 5.65. The third-order valence-electron chi connectivity index (χ3n) is 2.99. The predicted molar refractivity (Wildman–Crippen MR) is 59.3 cm³/mol. The molecule has 0 aromatic carbocycles. The van der Waals surface area contributed by atoms with Crippen LogP contribution in [0.3, 0.4) is 0 Å². The van der Waals surface area contributed by atoms with E-state index in [1.165, 1.54) is 0 Å². The lowest BCUT2D eigenvalue weighted by Gasteiger charge is -2.45. The van der Waals surface area contributed by atoms with Crippen molar-refractivity contribution < 1.29 is 4.74 Å². The molecule has 1 aliphatic rings. The lowest BCUT2D eigenvalue weighted by atomic mass is 9.90. The first kappa shape index (κ1) is 12.0. The van der Waals surface area contributed by atoms with Crippen LogP contribution < -0.4 is 5.73 Å². The maximum atomic E-state index is 5.75. The molecule has 0 aliphatic carbocycles. The fourth-order valence-corrected chi connectivity index (χ4v) is 1.76. The van der Waals surface area contributed by atoms with Gasteiger partial charge in [-0.15, -0.1) is 0 Å². The van der Waals surface area contributed by atoms with E-state index in [0.717, 1.165) is 32.8 Å². The van der Waals surface area contributed by atoms with Gasteiger partial charge in [0.15, 0.2) is 0 Å².